The molecule has 0 aliphatic rings. The number of aliphatic carboxylic acids is 1. The van der Waals surface area contributed by atoms with Crippen molar-refractivity contribution in [3.8, 4) is 0 Å². The monoisotopic (exact) mass is 547 g/mol. The number of para-hydroxylation sites is 1. The summed E-state index contributed by atoms with van der Waals surface area (Å²) in [5.74, 6) is -1.21. The Bertz CT molecular complexity index is 1490. The molecule has 1 heterocycles. The Morgan fingerprint density at radius 1 is 0.707 bits per heavy atom. The van der Waals surface area contributed by atoms with Crippen LogP contribution in [-0.4, -0.2) is 45.2 Å². The Kier molecular flexibility index (Phi) is 9.32. The van der Waals surface area contributed by atoms with Crippen molar-refractivity contribution in [2.24, 2.45) is 0 Å². The molecular weight excluding hydrogens is 512 g/mol. The van der Waals surface area contributed by atoms with Crippen molar-refractivity contribution in [2.45, 2.75) is 6.54 Å². The van der Waals surface area contributed by atoms with Crippen LogP contribution in [0.3, 0.4) is 0 Å². The lowest BCUT2D eigenvalue weighted by Gasteiger charge is -2.16. The number of pyridine rings is 1. The lowest BCUT2D eigenvalue weighted by molar-refractivity contribution is -0.685. The average molecular weight is 548 g/mol. The molecule has 1 aromatic heterocycles. The fraction of sp³-hybridized carbons (Fsp3) is 0.147. The van der Waals surface area contributed by atoms with Crippen LogP contribution in [0, 0.1) is 0 Å². The molecule has 0 atom stereocenters. The summed E-state index contributed by atoms with van der Waals surface area (Å²) in [6.45, 7) is -0.161. The maximum absolute atomic E-state index is 13.6. The van der Waals surface area contributed by atoms with Gasteiger partial charge in [0.15, 0.2) is 12.4 Å². The number of allylic oxidation sites excluding steroid dienone is 2. The number of carbonyl (C=O) groups is 2. The molecule has 0 aliphatic carbocycles. The summed E-state index contributed by atoms with van der Waals surface area (Å²) in [6.07, 6.45) is 7.12. The van der Waals surface area contributed by atoms with Crippen molar-refractivity contribution < 1.29 is 19.3 Å². The van der Waals surface area contributed by atoms with Crippen LogP contribution in [0.5, 0.6) is 0 Å². The fourth-order valence-electron chi connectivity index (χ4n) is 4.33. The van der Waals surface area contributed by atoms with Crippen molar-refractivity contribution in [3.63, 3.8) is 0 Å². The van der Waals surface area contributed by atoms with Gasteiger partial charge in [-0.05, 0) is 64.7 Å². The predicted octanol–water partition coefficient (Wildman–Crippen LogP) is 5.34. The highest BCUT2D eigenvalue weighted by molar-refractivity contribution is 6.25. The Morgan fingerprint density at radius 3 is 1.68 bits per heavy atom. The van der Waals surface area contributed by atoms with Crippen LogP contribution in [0.15, 0.2) is 116 Å². The third-order valence-electron chi connectivity index (χ3n) is 6.60. The van der Waals surface area contributed by atoms with Crippen molar-refractivity contribution in [2.75, 3.05) is 43.3 Å². The van der Waals surface area contributed by atoms with E-state index >= 15 is 0 Å². The maximum Gasteiger partial charge on any atom is 0.370 e. The molecule has 0 unspecified atom stereocenters. The Morgan fingerprint density at radius 2 is 1.22 bits per heavy atom. The number of carboxylic acids is 1. The van der Waals surface area contributed by atoms with Gasteiger partial charge in [0.25, 0.3) is 5.91 Å². The summed E-state index contributed by atoms with van der Waals surface area (Å²) in [6, 6.07) is 29.4. The Labute approximate surface area is 241 Å². The van der Waals surface area contributed by atoms with Gasteiger partial charge in [0.2, 0.25) is 6.54 Å². The molecule has 0 aliphatic heterocycles. The lowest BCUT2D eigenvalue weighted by Crippen LogP contribution is -2.37. The molecule has 7 heteroatoms. The van der Waals surface area contributed by atoms with Gasteiger partial charge in [0.1, 0.15) is 0 Å². The van der Waals surface area contributed by atoms with Gasteiger partial charge in [-0.2, -0.15) is 4.57 Å². The smallest absolute Gasteiger partial charge is 0.370 e. The quantitative estimate of drug-likeness (QED) is 0.159. The summed E-state index contributed by atoms with van der Waals surface area (Å²) in [7, 11) is 8.02. The number of carboxylic acid groups (broad SMARTS) is 1. The molecule has 2 N–H and O–H groups in total. The lowest BCUT2D eigenvalue weighted by atomic mass is 9.95. The number of hydrogen-bond donors (Lipinski definition) is 2. The minimum Gasteiger partial charge on any atom is -0.477 e. The first-order valence-electron chi connectivity index (χ1n) is 13.3. The van der Waals surface area contributed by atoms with E-state index in [2.05, 4.69) is 63.6 Å². The first-order valence-corrected chi connectivity index (χ1v) is 13.3. The third-order valence-corrected chi connectivity index (χ3v) is 6.60. The van der Waals surface area contributed by atoms with E-state index in [9.17, 15) is 9.59 Å². The summed E-state index contributed by atoms with van der Waals surface area (Å²) in [5, 5.41) is 12.1. The normalized spacial score (nSPS) is 11.0. The topological polar surface area (TPSA) is 76.8 Å². The zero-order valence-corrected chi connectivity index (χ0v) is 23.8. The minimum absolute atomic E-state index is 0.161. The fourth-order valence-corrected chi connectivity index (χ4v) is 4.33. The van der Waals surface area contributed by atoms with E-state index in [1.54, 1.807) is 29.1 Å². The van der Waals surface area contributed by atoms with Gasteiger partial charge >= 0.3 is 5.97 Å². The van der Waals surface area contributed by atoms with E-state index in [1.807, 2.05) is 70.7 Å². The molecule has 208 valence electrons. The molecule has 4 aromatic rings. The first-order chi connectivity index (χ1) is 19.7. The zero-order valence-electron chi connectivity index (χ0n) is 23.8. The zero-order chi connectivity index (χ0) is 29.4. The van der Waals surface area contributed by atoms with Crippen LogP contribution in [0.25, 0.3) is 11.1 Å². The largest absolute Gasteiger partial charge is 0.477 e. The Balaban J connectivity index is 1.81. The molecule has 0 bridgehead atoms. The summed E-state index contributed by atoms with van der Waals surface area (Å²) < 4.78 is 1.55. The molecule has 3 aromatic carbocycles. The van der Waals surface area contributed by atoms with Crippen LogP contribution in [0.1, 0.15) is 16.7 Å². The third kappa shape index (κ3) is 7.70. The summed E-state index contributed by atoms with van der Waals surface area (Å²) in [4.78, 5) is 28.8. The van der Waals surface area contributed by atoms with Crippen LogP contribution in [-0.2, 0) is 16.1 Å². The van der Waals surface area contributed by atoms with E-state index < -0.39 is 5.97 Å². The molecule has 0 saturated heterocycles. The van der Waals surface area contributed by atoms with Gasteiger partial charge in [0, 0.05) is 63.0 Å². The molecule has 1 amide bonds. The summed E-state index contributed by atoms with van der Waals surface area (Å²) in [5.41, 5.74) is 6.97. The number of aromatic nitrogens is 1. The molecule has 0 saturated carbocycles. The second-order valence-electron chi connectivity index (χ2n) is 10.0. The number of anilines is 3. The minimum atomic E-state index is -0.937. The average Bonchev–Trinajstić information content (AvgIpc) is 2.96. The molecule has 4 rings (SSSR count). The van der Waals surface area contributed by atoms with Gasteiger partial charge in [-0.3, -0.25) is 4.79 Å². The van der Waals surface area contributed by atoms with E-state index in [4.69, 9.17) is 5.11 Å². The van der Waals surface area contributed by atoms with Crippen LogP contribution in [0.4, 0.5) is 17.1 Å². The highest BCUT2D eigenvalue weighted by Gasteiger charge is 2.15. The number of hydrogen-bond acceptors (Lipinski definition) is 4. The molecule has 41 heavy (non-hydrogen) atoms. The maximum atomic E-state index is 13.6. The molecule has 7 nitrogen and oxygen atoms in total. The van der Waals surface area contributed by atoms with E-state index in [0.29, 0.717) is 16.8 Å². The van der Waals surface area contributed by atoms with Gasteiger partial charge in [-0.25, -0.2) is 4.79 Å². The van der Waals surface area contributed by atoms with Gasteiger partial charge < -0.3 is 20.2 Å². The van der Waals surface area contributed by atoms with Crippen LogP contribution < -0.4 is 19.7 Å². The summed E-state index contributed by atoms with van der Waals surface area (Å²) >= 11 is 0. The number of rotatable bonds is 10. The first kappa shape index (κ1) is 28.8. The predicted molar refractivity (Wildman–Crippen MR) is 166 cm³/mol. The van der Waals surface area contributed by atoms with Crippen LogP contribution >= 0.6 is 0 Å². The van der Waals surface area contributed by atoms with Crippen LogP contribution in [0.2, 0.25) is 0 Å². The number of nitrogens with one attached hydrogen (secondary N) is 1. The number of benzene rings is 3. The van der Waals surface area contributed by atoms with E-state index in [-0.39, 0.29) is 12.5 Å². The van der Waals surface area contributed by atoms with E-state index in [1.165, 1.54) is 0 Å². The van der Waals surface area contributed by atoms with Gasteiger partial charge in [-0.1, -0.05) is 48.5 Å². The number of nitrogens with zero attached hydrogens (tertiary/aromatic N) is 3. The second kappa shape index (κ2) is 13.3. The second-order valence-corrected chi connectivity index (χ2v) is 10.0. The SMILES string of the molecule is CN(C)c1ccc(C(=C/C=C(/C(=O)Nc2ccccc2)c2cc[n+](CC(=O)O)cc2)c2ccc(N(C)C)cc2)cc1. The standard InChI is InChI=1S/C34H34N4O3/c1-36(2)29-14-10-25(11-15-29)31(26-12-16-30(17-13-26)37(3)4)18-19-32(34(41)35-28-8-6-5-7-9-28)27-20-22-38(23-21-27)24-33(39)40/h5-23H,24H2,1-4H3,(H-,35,39,40,41)/p+1. The highest BCUT2D eigenvalue weighted by atomic mass is 16.4. The molecule has 0 radical (unpaired) electrons. The van der Waals surface area contributed by atoms with Crippen molar-refractivity contribution in [1.29, 1.82) is 0 Å². The van der Waals surface area contributed by atoms with Gasteiger partial charge in [0.05, 0.1) is 0 Å². The van der Waals surface area contributed by atoms with Crippen molar-refractivity contribution in [3.05, 3.63) is 132 Å². The molecule has 0 fully saturated rings. The van der Waals surface area contributed by atoms with E-state index in [0.717, 1.165) is 28.1 Å². The van der Waals surface area contributed by atoms with Crippen molar-refractivity contribution >= 4 is 40.1 Å². The van der Waals surface area contributed by atoms with Crippen molar-refractivity contribution in [1.82, 2.24) is 0 Å². The Hall–Kier alpha value is -5.17. The van der Waals surface area contributed by atoms with Gasteiger partial charge in [-0.15, -0.1) is 0 Å². The molecular formula is C34H35N4O3+. The number of amides is 1. The molecule has 0 spiro atoms. The highest BCUT2D eigenvalue weighted by Crippen LogP contribution is 2.28. The number of carbonyl (C=O) groups excluding carboxylic acids is 1.